The van der Waals surface area contributed by atoms with Gasteiger partial charge in [-0.1, -0.05) is 5.92 Å². The van der Waals surface area contributed by atoms with Gasteiger partial charge in [0.05, 0.1) is 6.54 Å². The molecule has 1 unspecified atom stereocenters. The fraction of sp³-hybridized carbons (Fsp3) is 0.500. The minimum absolute atomic E-state index is 0.193. The normalized spacial score (nSPS) is 16.5. The summed E-state index contributed by atoms with van der Waals surface area (Å²) in [4.78, 5) is 0. The second-order valence-corrected chi connectivity index (χ2v) is 3.34. The summed E-state index contributed by atoms with van der Waals surface area (Å²) >= 11 is 0. The van der Waals surface area contributed by atoms with Crippen molar-refractivity contribution in [1.29, 1.82) is 4.78 Å². The zero-order valence-corrected chi connectivity index (χ0v) is 5.42. The highest BCUT2D eigenvalue weighted by atomic mass is 32.2. The monoisotopic (exact) mass is 132 g/mol. The molecule has 0 spiro atoms. The summed E-state index contributed by atoms with van der Waals surface area (Å²) < 4.78 is 19.5. The van der Waals surface area contributed by atoms with Crippen LogP contribution in [0.25, 0.3) is 0 Å². The van der Waals surface area contributed by atoms with Crippen molar-refractivity contribution in [3.63, 3.8) is 0 Å². The first-order valence-electron chi connectivity index (χ1n) is 1.98. The van der Waals surface area contributed by atoms with Crippen LogP contribution in [0.1, 0.15) is 0 Å². The highest BCUT2D eigenvalue weighted by Crippen LogP contribution is 1.70. The molecule has 0 aromatic heterocycles. The maximum Gasteiger partial charge on any atom is 0.103 e. The Bertz CT molecular complexity index is 187. The summed E-state index contributed by atoms with van der Waals surface area (Å²) in [6.07, 6.45) is 6.10. The average molecular weight is 132 g/mol. The zero-order valence-electron chi connectivity index (χ0n) is 4.60. The molecule has 0 saturated carbocycles. The van der Waals surface area contributed by atoms with E-state index < -0.39 is 9.92 Å². The molecule has 2 N–H and O–H groups in total. The van der Waals surface area contributed by atoms with E-state index in [1.807, 2.05) is 0 Å². The highest BCUT2D eigenvalue weighted by molar-refractivity contribution is 7.89. The second-order valence-electron chi connectivity index (χ2n) is 1.37. The van der Waals surface area contributed by atoms with Crippen LogP contribution < -0.4 is 4.72 Å². The van der Waals surface area contributed by atoms with Gasteiger partial charge in [-0.2, -0.15) is 0 Å². The topological polar surface area (TPSA) is 53.0 Å². The van der Waals surface area contributed by atoms with Crippen molar-refractivity contribution in [3.8, 4) is 12.3 Å². The molecule has 0 aliphatic rings. The lowest BCUT2D eigenvalue weighted by Gasteiger charge is -1.95. The van der Waals surface area contributed by atoms with E-state index in [1.165, 1.54) is 6.26 Å². The third kappa shape index (κ3) is 5.47. The smallest absolute Gasteiger partial charge is 0.103 e. The fourth-order valence-electron chi connectivity index (χ4n) is 0.179. The lowest BCUT2D eigenvalue weighted by molar-refractivity contribution is 0.671. The van der Waals surface area contributed by atoms with Gasteiger partial charge in [-0.3, -0.25) is 0 Å². The summed E-state index contributed by atoms with van der Waals surface area (Å²) in [7, 11) is -2.58. The van der Waals surface area contributed by atoms with E-state index in [2.05, 4.69) is 10.6 Å². The molecule has 0 heterocycles. The summed E-state index contributed by atoms with van der Waals surface area (Å²) in [6, 6.07) is 0. The van der Waals surface area contributed by atoms with Crippen LogP contribution in [0, 0.1) is 17.1 Å². The van der Waals surface area contributed by atoms with Gasteiger partial charge in [0.25, 0.3) is 0 Å². The van der Waals surface area contributed by atoms with Crippen molar-refractivity contribution in [2.45, 2.75) is 0 Å². The molecule has 0 saturated heterocycles. The standard InChI is InChI=1S/C4H8N2OS/c1-3-4-6-8(2,5)7/h1H,4H2,2H3,(H2,5,6,7). The van der Waals surface area contributed by atoms with Gasteiger partial charge in [0.2, 0.25) is 0 Å². The van der Waals surface area contributed by atoms with Crippen LogP contribution in [0.4, 0.5) is 0 Å². The van der Waals surface area contributed by atoms with E-state index in [1.54, 1.807) is 0 Å². The SMILES string of the molecule is C#CCNS(C)(=N)=O. The fourth-order valence-corrected chi connectivity index (χ4v) is 0.538. The first-order chi connectivity index (χ1) is 3.56. The first-order valence-corrected chi connectivity index (χ1v) is 3.95. The summed E-state index contributed by atoms with van der Waals surface area (Å²) in [5, 5.41) is 0. The summed E-state index contributed by atoms with van der Waals surface area (Å²) in [6.45, 7) is 0.193. The molecule has 0 fully saturated rings. The van der Waals surface area contributed by atoms with Gasteiger partial charge in [-0.15, -0.1) is 6.42 Å². The van der Waals surface area contributed by atoms with Gasteiger partial charge in [0.15, 0.2) is 0 Å². The third-order valence-electron chi connectivity index (χ3n) is 0.450. The molecule has 0 bridgehead atoms. The lowest BCUT2D eigenvalue weighted by atomic mass is 10.7. The predicted molar refractivity (Wildman–Crippen MR) is 33.6 cm³/mol. The molecule has 46 valence electrons. The molecular formula is C4H8N2OS. The molecule has 0 rings (SSSR count). The Morgan fingerprint density at radius 1 is 2.00 bits per heavy atom. The van der Waals surface area contributed by atoms with Crippen LogP contribution in [0.5, 0.6) is 0 Å². The number of hydrogen-bond donors (Lipinski definition) is 2. The number of rotatable bonds is 2. The van der Waals surface area contributed by atoms with E-state index >= 15 is 0 Å². The Hall–Kier alpha value is -0.530. The van der Waals surface area contributed by atoms with Crippen LogP contribution in [0.3, 0.4) is 0 Å². The van der Waals surface area contributed by atoms with E-state index in [9.17, 15) is 4.21 Å². The minimum atomic E-state index is -2.58. The molecule has 3 nitrogen and oxygen atoms in total. The largest absolute Gasteiger partial charge is 0.240 e. The van der Waals surface area contributed by atoms with Crippen LogP contribution in [0.15, 0.2) is 0 Å². The minimum Gasteiger partial charge on any atom is -0.240 e. The molecule has 0 aliphatic carbocycles. The second kappa shape index (κ2) is 2.70. The van der Waals surface area contributed by atoms with Crippen molar-refractivity contribution < 1.29 is 4.21 Å². The van der Waals surface area contributed by atoms with Crippen LogP contribution >= 0.6 is 0 Å². The Balaban J connectivity index is 3.63. The van der Waals surface area contributed by atoms with Gasteiger partial charge in [-0.25, -0.2) is 13.7 Å². The number of nitrogens with one attached hydrogen (secondary N) is 2. The third-order valence-corrected chi connectivity index (χ3v) is 1.14. The van der Waals surface area contributed by atoms with E-state index in [0.29, 0.717) is 0 Å². The van der Waals surface area contributed by atoms with Crippen LogP contribution in [-0.2, 0) is 9.92 Å². The van der Waals surface area contributed by atoms with Crippen molar-refractivity contribution in [3.05, 3.63) is 0 Å². The van der Waals surface area contributed by atoms with Crippen LogP contribution in [-0.4, -0.2) is 17.0 Å². The Labute approximate surface area is 49.6 Å². The van der Waals surface area contributed by atoms with E-state index in [-0.39, 0.29) is 6.54 Å². The maximum absolute atomic E-state index is 10.4. The molecule has 0 radical (unpaired) electrons. The molecule has 8 heavy (non-hydrogen) atoms. The average Bonchev–Trinajstić information content (AvgIpc) is 1.59. The quantitative estimate of drug-likeness (QED) is 0.502. The Morgan fingerprint density at radius 2 is 2.50 bits per heavy atom. The van der Waals surface area contributed by atoms with Crippen molar-refractivity contribution >= 4 is 9.92 Å². The summed E-state index contributed by atoms with van der Waals surface area (Å²) in [5.41, 5.74) is 0. The number of hydrogen-bond acceptors (Lipinski definition) is 2. The Morgan fingerprint density at radius 3 is 2.62 bits per heavy atom. The molecule has 0 aliphatic heterocycles. The van der Waals surface area contributed by atoms with Gasteiger partial charge >= 0.3 is 0 Å². The molecule has 0 aromatic rings. The molecule has 0 amide bonds. The number of terminal acetylenes is 1. The van der Waals surface area contributed by atoms with Crippen molar-refractivity contribution in [2.75, 3.05) is 12.8 Å². The Kier molecular flexibility index (Phi) is 2.52. The van der Waals surface area contributed by atoms with E-state index in [0.717, 1.165) is 0 Å². The predicted octanol–water partition coefficient (Wildman–Crippen LogP) is -0.199. The van der Waals surface area contributed by atoms with Crippen LogP contribution in [0.2, 0.25) is 0 Å². The van der Waals surface area contributed by atoms with Gasteiger partial charge in [0, 0.05) is 6.26 Å². The van der Waals surface area contributed by atoms with Gasteiger partial charge in [-0.05, 0) is 0 Å². The first kappa shape index (κ1) is 7.47. The van der Waals surface area contributed by atoms with Gasteiger partial charge < -0.3 is 0 Å². The lowest BCUT2D eigenvalue weighted by Crippen LogP contribution is -2.20. The highest BCUT2D eigenvalue weighted by Gasteiger charge is 1.88. The zero-order chi connectivity index (χ0) is 6.62. The van der Waals surface area contributed by atoms with E-state index in [4.69, 9.17) is 11.2 Å². The molecule has 4 heteroatoms. The molecular weight excluding hydrogens is 124 g/mol. The molecule has 1 atom stereocenters. The van der Waals surface area contributed by atoms with Crippen molar-refractivity contribution in [1.82, 2.24) is 4.72 Å². The summed E-state index contributed by atoms with van der Waals surface area (Å²) in [5.74, 6) is 2.21. The van der Waals surface area contributed by atoms with Crippen molar-refractivity contribution in [2.24, 2.45) is 0 Å². The van der Waals surface area contributed by atoms with Gasteiger partial charge in [0.1, 0.15) is 9.92 Å². The molecule has 0 aromatic carbocycles. The maximum atomic E-state index is 10.4.